The van der Waals surface area contributed by atoms with Gasteiger partial charge in [-0.25, -0.2) is 0 Å². The fourth-order valence-electron chi connectivity index (χ4n) is 0.578. The van der Waals surface area contributed by atoms with Crippen LogP contribution < -0.4 is 0 Å². The molecule has 0 saturated heterocycles. The Hall–Kier alpha value is -0.240. The highest BCUT2D eigenvalue weighted by molar-refractivity contribution is 9.10. The third-order valence-corrected chi connectivity index (χ3v) is 2.16. The molecule has 0 aliphatic heterocycles. The molecule has 1 heterocycles. The standard InChI is InChI=1S/C6H8BrN/c1-5-6(7)3-4-8(5)2/h3-4H,1-2H3. The lowest BCUT2D eigenvalue weighted by Crippen LogP contribution is -1.86. The Balaban J connectivity index is 3.19. The van der Waals surface area contributed by atoms with Gasteiger partial charge in [0.05, 0.1) is 0 Å². The third-order valence-electron chi connectivity index (χ3n) is 1.32. The van der Waals surface area contributed by atoms with Gasteiger partial charge in [0, 0.05) is 23.4 Å². The van der Waals surface area contributed by atoms with E-state index in [4.69, 9.17) is 0 Å². The monoisotopic (exact) mass is 173 g/mol. The zero-order chi connectivity index (χ0) is 6.15. The number of nitrogens with zero attached hydrogens (tertiary/aromatic N) is 1. The number of aryl methyl sites for hydroxylation is 1. The summed E-state index contributed by atoms with van der Waals surface area (Å²) in [5.74, 6) is 0. The average Bonchev–Trinajstić information content (AvgIpc) is 1.98. The van der Waals surface area contributed by atoms with Crippen molar-refractivity contribution in [2.45, 2.75) is 6.92 Å². The number of aromatic nitrogens is 1. The second-order valence-corrected chi connectivity index (χ2v) is 2.71. The Kier molecular flexibility index (Phi) is 1.43. The molecule has 44 valence electrons. The zero-order valence-electron chi connectivity index (χ0n) is 4.98. The normalized spacial score (nSPS) is 9.88. The first-order valence-corrected chi connectivity index (χ1v) is 3.28. The van der Waals surface area contributed by atoms with Crippen molar-refractivity contribution in [2.24, 2.45) is 7.05 Å². The molecule has 0 unspecified atom stereocenters. The molecular formula is C6H8BrN. The van der Waals surface area contributed by atoms with Crippen LogP contribution >= 0.6 is 15.9 Å². The number of hydrogen-bond acceptors (Lipinski definition) is 0. The van der Waals surface area contributed by atoms with Gasteiger partial charge in [0.2, 0.25) is 0 Å². The first-order valence-electron chi connectivity index (χ1n) is 2.49. The van der Waals surface area contributed by atoms with Crippen LogP contribution in [0.25, 0.3) is 0 Å². The average molecular weight is 174 g/mol. The quantitative estimate of drug-likeness (QED) is 0.567. The van der Waals surface area contributed by atoms with Gasteiger partial charge >= 0.3 is 0 Å². The van der Waals surface area contributed by atoms with Crippen molar-refractivity contribution < 1.29 is 0 Å². The topological polar surface area (TPSA) is 4.93 Å². The lowest BCUT2D eigenvalue weighted by molar-refractivity contribution is 0.879. The van der Waals surface area contributed by atoms with E-state index in [1.54, 1.807) is 0 Å². The molecule has 0 N–H and O–H groups in total. The van der Waals surface area contributed by atoms with Crippen LogP contribution in [0.4, 0.5) is 0 Å². The maximum Gasteiger partial charge on any atom is 0.0381 e. The highest BCUT2D eigenvalue weighted by atomic mass is 79.9. The van der Waals surface area contributed by atoms with Crippen LogP contribution in [-0.4, -0.2) is 4.57 Å². The molecule has 0 saturated carbocycles. The summed E-state index contributed by atoms with van der Waals surface area (Å²) in [4.78, 5) is 0. The van der Waals surface area contributed by atoms with Crippen LogP contribution in [-0.2, 0) is 7.05 Å². The van der Waals surface area contributed by atoms with E-state index in [1.807, 2.05) is 19.3 Å². The third kappa shape index (κ3) is 0.802. The molecule has 0 radical (unpaired) electrons. The Morgan fingerprint density at radius 3 is 2.38 bits per heavy atom. The molecule has 1 nitrogen and oxygen atoms in total. The summed E-state index contributed by atoms with van der Waals surface area (Å²) in [5, 5.41) is 0. The summed E-state index contributed by atoms with van der Waals surface area (Å²) in [6, 6.07) is 2.04. The largest absolute Gasteiger partial charge is 0.354 e. The summed E-state index contributed by atoms with van der Waals surface area (Å²) >= 11 is 3.40. The van der Waals surface area contributed by atoms with Crippen LogP contribution in [0.1, 0.15) is 5.69 Å². The SMILES string of the molecule is Cc1c(Br)ccn1C. The molecule has 0 atom stereocenters. The van der Waals surface area contributed by atoms with Crippen LogP contribution in [0.3, 0.4) is 0 Å². The molecule has 0 fully saturated rings. The maximum absolute atomic E-state index is 3.40. The summed E-state index contributed by atoms with van der Waals surface area (Å²) in [7, 11) is 2.03. The van der Waals surface area contributed by atoms with E-state index in [0.29, 0.717) is 0 Å². The first-order chi connectivity index (χ1) is 3.72. The molecule has 0 aliphatic rings. The van der Waals surface area contributed by atoms with E-state index in [2.05, 4.69) is 27.4 Å². The molecule has 1 aromatic heterocycles. The summed E-state index contributed by atoms with van der Waals surface area (Å²) in [5.41, 5.74) is 1.27. The Morgan fingerprint density at radius 1 is 1.62 bits per heavy atom. The molecule has 0 bridgehead atoms. The van der Waals surface area contributed by atoms with Gasteiger partial charge in [-0.1, -0.05) is 0 Å². The van der Waals surface area contributed by atoms with E-state index in [1.165, 1.54) is 10.2 Å². The maximum atomic E-state index is 3.40. The molecule has 0 amide bonds. The van der Waals surface area contributed by atoms with Crippen molar-refractivity contribution >= 4 is 15.9 Å². The Labute approximate surface area is 57.4 Å². The van der Waals surface area contributed by atoms with E-state index in [9.17, 15) is 0 Å². The lowest BCUT2D eigenvalue weighted by atomic mass is 10.5. The Bertz CT molecular complexity index is 171. The predicted molar refractivity (Wildman–Crippen MR) is 37.9 cm³/mol. The van der Waals surface area contributed by atoms with E-state index >= 15 is 0 Å². The van der Waals surface area contributed by atoms with Crippen molar-refractivity contribution in [3.8, 4) is 0 Å². The van der Waals surface area contributed by atoms with Crippen LogP contribution in [0.5, 0.6) is 0 Å². The zero-order valence-corrected chi connectivity index (χ0v) is 6.57. The van der Waals surface area contributed by atoms with Crippen molar-refractivity contribution in [3.05, 3.63) is 22.4 Å². The molecule has 2 heteroatoms. The highest BCUT2D eigenvalue weighted by Gasteiger charge is 1.93. The second kappa shape index (κ2) is 1.94. The second-order valence-electron chi connectivity index (χ2n) is 1.86. The molecule has 1 aromatic rings. The number of hydrogen-bond donors (Lipinski definition) is 0. The summed E-state index contributed by atoms with van der Waals surface area (Å²) in [6.07, 6.45) is 2.03. The molecule has 1 rings (SSSR count). The van der Waals surface area contributed by atoms with Gasteiger partial charge in [0.1, 0.15) is 0 Å². The van der Waals surface area contributed by atoms with Crippen molar-refractivity contribution in [1.29, 1.82) is 0 Å². The van der Waals surface area contributed by atoms with Gasteiger partial charge in [-0.05, 0) is 28.9 Å². The van der Waals surface area contributed by atoms with Crippen LogP contribution in [0.15, 0.2) is 16.7 Å². The molecule has 0 aliphatic carbocycles. The predicted octanol–water partition coefficient (Wildman–Crippen LogP) is 2.10. The van der Waals surface area contributed by atoms with E-state index in [-0.39, 0.29) is 0 Å². The summed E-state index contributed by atoms with van der Waals surface area (Å²) < 4.78 is 3.25. The summed E-state index contributed by atoms with van der Waals surface area (Å²) in [6.45, 7) is 2.07. The van der Waals surface area contributed by atoms with Crippen LogP contribution in [0, 0.1) is 6.92 Å². The van der Waals surface area contributed by atoms with Crippen molar-refractivity contribution in [1.82, 2.24) is 4.57 Å². The van der Waals surface area contributed by atoms with Crippen LogP contribution in [0.2, 0.25) is 0 Å². The fourth-order valence-corrected chi connectivity index (χ4v) is 0.976. The molecule has 0 aromatic carbocycles. The highest BCUT2D eigenvalue weighted by Crippen LogP contribution is 2.14. The smallest absolute Gasteiger partial charge is 0.0381 e. The van der Waals surface area contributed by atoms with Gasteiger partial charge in [-0.15, -0.1) is 0 Å². The van der Waals surface area contributed by atoms with E-state index in [0.717, 1.165) is 0 Å². The molecule has 8 heavy (non-hydrogen) atoms. The van der Waals surface area contributed by atoms with Gasteiger partial charge < -0.3 is 4.57 Å². The fraction of sp³-hybridized carbons (Fsp3) is 0.333. The van der Waals surface area contributed by atoms with Crippen molar-refractivity contribution in [3.63, 3.8) is 0 Å². The number of halogens is 1. The van der Waals surface area contributed by atoms with Crippen molar-refractivity contribution in [2.75, 3.05) is 0 Å². The molecule has 0 spiro atoms. The van der Waals surface area contributed by atoms with E-state index < -0.39 is 0 Å². The van der Waals surface area contributed by atoms with Gasteiger partial charge in [-0.3, -0.25) is 0 Å². The minimum atomic E-state index is 1.18. The van der Waals surface area contributed by atoms with Gasteiger partial charge in [0.25, 0.3) is 0 Å². The first kappa shape index (κ1) is 5.89. The lowest BCUT2D eigenvalue weighted by Gasteiger charge is -1.92. The Morgan fingerprint density at radius 2 is 2.25 bits per heavy atom. The van der Waals surface area contributed by atoms with Gasteiger partial charge in [0.15, 0.2) is 0 Å². The number of rotatable bonds is 0. The minimum Gasteiger partial charge on any atom is -0.354 e. The van der Waals surface area contributed by atoms with Gasteiger partial charge in [-0.2, -0.15) is 0 Å². The minimum absolute atomic E-state index is 1.18. The molecular weight excluding hydrogens is 166 g/mol.